The van der Waals surface area contributed by atoms with Crippen molar-refractivity contribution in [3.05, 3.63) is 30.1 Å². The quantitative estimate of drug-likeness (QED) is 0.831. The van der Waals surface area contributed by atoms with Gasteiger partial charge in [0.1, 0.15) is 17.7 Å². The number of benzene rings is 1. The summed E-state index contributed by atoms with van der Waals surface area (Å²) in [6.45, 7) is 0. The van der Waals surface area contributed by atoms with Gasteiger partial charge in [0.15, 0.2) is 9.84 Å². The van der Waals surface area contributed by atoms with E-state index in [1.54, 1.807) is 0 Å². The highest BCUT2D eigenvalue weighted by Gasteiger charge is 2.31. The minimum Gasteiger partial charge on any atom is -0.444 e. The summed E-state index contributed by atoms with van der Waals surface area (Å²) < 4.78 is 68.8. The maximum Gasteiger partial charge on any atom is 0.423 e. The lowest BCUT2D eigenvalue weighted by atomic mass is 10.3. The first-order valence-electron chi connectivity index (χ1n) is 6.04. The van der Waals surface area contributed by atoms with Crippen LogP contribution in [0, 0.1) is 5.82 Å². The first kappa shape index (κ1) is 16.5. The number of rotatable bonds is 4. The number of carbonyl (C=O) groups is 1. The number of hydrogen-bond donors (Lipinski definition) is 1. The summed E-state index contributed by atoms with van der Waals surface area (Å²) in [5.74, 6) is -1.26. The summed E-state index contributed by atoms with van der Waals surface area (Å²) in [6.07, 6.45) is -2.13. The molecule has 1 fully saturated rings. The SMILES string of the molecule is O=C(NS(=O)(=O)Oc1ccc(F)cc1)O[C@H]1CCS(=O)(=O)C1. The summed E-state index contributed by atoms with van der Waals surface area (Å²) in [6, 6.07) is 4.08. The van der Waals surface area contributed by atoms with Gasteiger partial charge >= 0.3 is 16.4 Å². The second-order valence-corrected chi connectivity index (χ2v) is 8.03. The third kappa shape index (κ3) is 4.84. The van der Waals surface area contributed by atoms with Crippen molar-refractivity contribution in [3.63, 3.8) is 0 Å². The van der Waals surface area contributed by atoms with Gasteiger partial charge in [0.25, 0.3) is 0 Å². The molecular formula is C11H12FNO7S2. The minimum absolute atomic E-state index is 0.106. The fourth-order valence-corrected chi connectivity index (χ4v) is 4.02. The predicted octanol–water partition coefficient (Wildman–Crippen LogP) is 0.363. The summed E-state index contributed by atoms with van der Waals surface area (Å²) in [7, 11) is -7.77. The molecule has 0 bridgehead atoms. The maximum atomic E-state index is 12.7. The number of halogens is 1. The van der Waals surface area contributed by atoms with E-state index in [-0.39, 0.29) is 23.7 Å². The second kappa shape index (κ2) is 6.08. The molecule has 2 rings (SSSR count). The third-order valence-electron chi connectivity index (χ3n) is 2.69. The average Bonchev–Trinajstić information content (AvgIpc) is 2.70. The van der Waals surface area contributed by atoms with Crippen LogP contribution in [0.1, 0.15) is 6.42 Å². The lowest BCUT2D eigenvalue weighted by Crippen LogP contribution is -2.36. The number of hydrogen-bond acceptors (Lipinski definition) is 7. The molecule has 0 saturated carbocycles. The smallest absolute Gasteiger partial charge is 0.423 e. The summed E-state index contributed by atoms with van der Waals surface area (Å²) >= 11 is 0. The molecule has 1 atom stereocenters. The van der Waals surface area contributed by atoms with E-state index in [2.05, 4.69) is 4.18 Å². The molecule has 22 heavy (non-hydrogen) atoms. The van der Waals surface area contributed by atoms with E-state index >= 15 is 0 Å². The van der Waals surface area contributed by atoms with E-state index in [0.29, 0.717) is 0 Å². The molecule has 1 aliphatic rings. The van der Waals surface area contributed by atoms with Gasteiger partial charge < -0.3 is 8.92 Å². The highest BCUT2D eigenvalue weighted by molar-refractivity contribution is 7.91. The van der Waals surface area contributed by atoms with Gasteiger partial charge in [-0.05, 0) is 30.7 Å². The molecule has 1 aliphatic heterocycles. The van der Waals surface area contributed by atoms with Gasteiger partial charge in [-0.2, -0.15) is 13.1 Å². The monoisotopic (exact) mass is 353 g/mol. The number of carbonyl (C=O) groups excluding carboxylic acids is 1. The van der Waals surface area contributed by atoms with E-state index in [1.807, 2.05) is 0 Å². The Morgan fingerprint density at radius 2 is 1.91 bits per heavy atom. The van der Waals surface area contributed by atoms with Crippen LogP contribution in [-0.4, -0.2) is 40.5 Å². The zero-order valence-corrected chi connectivity index (χ0v) is 12.7. The van der Waals surface area contributed by atoms with Gasteiger partial charge in [-0.15, -0.1) is 0 Å². The van der Waals surface area contributed by atoms with Crippen LogP contribution in [0.5, 0.6) is 5.75 Å². The molecule has 8 nitrogen and oxygen atoms in total. The van der Waals surface area contributed by atoms with Crippen molar-refractivity contribution < 1.29 is 34.9 Å². The highest BCUT2D eigenvalue weighted by atomic mass is 32.2. The van der Waals surface area contributed by atoms with Crippen LogP contribution in [0.2, 0.25) is 0 Å². The lowest BCUT2D eigenvalue weighted by molar-refractivity contribution is 0.115. The van der Waals surface area contributed by atoms with Crippen LogP contribution >= 0.6 is 0 Å². The van der Waals surface area contributed by atoms with E-state index in [9.17, 15) is 26.0 Å². The second-order valence-electron chi connectivity index (χ2n) is 4.52. The van der Waals surface area contributed by atoms with Crippen molar-refractivity contribution in [1.82, 2.24) is 4.72 Å². The first-order valence-corrected chi connectivity index (χ1v) is 9.27. The van der Waals surface area contributed by atoms with Crippen molar-refractivity contribution >= 4 is 26.2 Å². The van der Waals surface area contributed by atoms with E-state index in [0.717, 1.165) is 24.3 Å². The first-order chi connectivity index (χ1) is 10.2. The van der Waals surface area contributed by atoms with Crippen LogP contribution in [-0.2, 0) is 24.9 Å². The summed E-state index contributed by atoms with van der Waals surface area (Å²) in [5, 5.41) is 0. The Morgan fingerprint density at radius 3 is 2.45 bits per heavy atom. The van der Waals surface area contributed by atoms with Gasteiger partial charge in [0.05, 0.1) is 11.5 Å². The van der Waals surface area contributed by atoms with Crippen molar-refractivity contribution in [2.45, 2.75) is 12.5 Å². The van der Waals surface area contributed by atoms with E-state index in [4.69, 9.17) is 4.74 Å². The topological polar surface area (TPSA) is 116 Å². The van der Waals surface area contributed by atoms with Crippen molar-refractivity contribution in [2.75, 3.05) is 11.5 Å². The molecule has 0 aliphatic carbocycles. The van der Waals surface area contributed by atoms with E-state index < -0.39 is 38.2 Å². The number of sulfone groups is 1. The standard InChI is InChI=1S/C11H12FNO7S2/c12-8-1-3-9(4-2-8)20-22(17,18)13-11(14)19-10-5-6-21(15,16)7-10/h1-4,10H,5-7H2,(H,13,14)/t10-/m0/s1. The van der Waals surface area contributed by atoms with Gasteiger partial charge in [-0.1, -0.05) is 0 Å². The molecule has 122 valence electrons. The Labute approximate surface area is 126 Å². The Morgan fingerprint density at radius 1 is 1.27 bits per heavy atom. The number of ether oxygens (including phenoxy) is 1. The van der Waals surface area contributed by atoms with E-state index in [1.165, 1.54) is 4.72 Å². The fourth-order valence-electron chi connectivity index (χ4n) is 1.77. The largest absolute Gasteiger partial charge is 0.444 e. The minimum atomic E-state index is -4.51. The molecule has 1 aromatic carbocycles. The third-order valence-corrected chi connectivity index (χ3v) is 5.26. The predicted molar refractivity (Wildman–Crippen MR) is 72.6 cm³/mol. The Hall–Kier alpha value is -1.88. The maximum absolute atomic E-state index is 12.7. The number of nitrogens with one attached hydrogen (secondary N) is 1. The van der Waals surface area contributed by atoms with Crippen LogP contribution < -0.4 is 8.91 Å². The zero-order chi connectivity index (χ0) is 16.4. The van der Waals surface area contributed by atoms with Crippen LogP contribution in [0.25, 0.3) is 0 Å². The molecule has 0 spiro atoms. The van der Waals surface area contributed by atoms with Crippen molar-refractivity contribution in [3.8, 4) is 5.75 Å². The van der Waals surface area contributed by atoms with Gasteiger partial charge in [-0.25, -0.2) is 17.6 Å². The molecule has 0 aromatic heterocycles. The molecule has 1 N–H and O–H groups in total. The van der Waals surface area contributed by atoms with Gasteiger partial charge in [0, 0.05) is 0 Å². The van der Waals surface area contributed by atoms with Crippen molar-refractivity contribution in [1.29, 1.82) is 0 Å². The Bertz CT molecular complexity index is 758. The lowest BCUT2D eigenvalue weighted by Gasteiger charge is -2.12. The Kier molecular flexibility index (Phi) is 4.56. The highest BCUT2D eigenvalue weighted by Crippen LogP contribution is 2.16. The molecule has 1 amide bonds. The normalized spacial score (nSPS) is 20.3. The molecule has 0 unspecified atom stereocenters. The molecule has 11 heteroatoms. The number of amides is 1. The molecule has 1 saturated heterocycles. The van der Waals surface area contributed by atoms with Gasteiger partial charge in [0.2, 0.25) is 0 Å². The zero-order valence-electron chi connectivity index (χ0n) is 11.1. The van der Waals surface area contributed by atoms with Crippen LogP contribution in [0.3, 0.4) is 0 Å². The summed E-state index contributed by atoms with van der Waals surface area (Å²) in [4.78, 5) is 11.4. The molecular weight excluding hydrogens is 341 g/mol. The average molecular weight is 353 g/mol. The molecule has 1 aromatic rings. The Balaban J connectivity index is 1.91. The molecule has 1 heterocycles. The van der Waals surface area contributed by atoms with Gasteiger partial charge in [-0.3, -0.25) is 0 Å². The van der Waals surface area contributed by atoms with Crippen molar-refractivity contribution in [2.24, 2.45) is 0 Å². The summed E-state index contributed by atoms with van der Waals surface area (Å²) in [5.41, 5.74) is 0. The van der Waals surface area contributed by atoms with Crippen LogP contribution in [0.15, 0.2) is 24.3 Å². The van der Waals surface area contributed by atoms with Crippen LogP contribution in [0.4, 0.5) is 9.18 Å². The fraction of sp³-hybridized carbons (Fsp3) is 0.364. The molecule has 0 radical (unpaired) electrons.